The molecular weight excluding hydrogens is 433 g/mol. The Kier molecular flexibility index (Phi) is 5.85. The molecule has 4 atom stereocenters. The number of nitriles is 1. The number of anilines is 1. The van der Waals surface area contributed by atoms with E-state index in [0.717, 1.165) is 0 Å². The van der Waals surface area contributed by atoms with Crippen LogP contribution < -0.4 is 10.1 Å². The van der Waals surface area contributed by atoms with Crippen LogP contribution in [-0.2, 0) is 20.4 Å². The molecule has 1 N–H and O–H groups in total. The summed E-state index contributed by atoms with van der Waals surface area (Å²) in [5.41, 5.74) is -0.943. The molecule has 0 amide bonds. The van der Waals surface area contributed by atoms with Gasteiger partial charge in [-0.15, -0.1) is 10.2 Å². The molecule has 170 valence electrons. The molecule has 2 aliphatic heterocycles. The second-order valence-corrected chi connectivity index (χ2v) is 7.65. The van der Waals surface area contributed by atoms with Crippen LogP contribution in [0.3, 0.4) is 0 Å². The first-order chi connectivity index (χ1) is 15.1. The Morgan fingerprint density at radius 1 is 1.22 bits per heavy atom. The van der Waals surface area contributed by atoms with E-state index in [4.69, 9.17) is 24.2 Å². The van der Waals surface area contributed by atoms with Gasteiger partial charge in [0.15, 0.2) is 17.2 Å². The molecule has 2 aromatic heterocycles. The van der Waals surface area contributed by atoms with Gasteiger partial charge in [0, 0.05) is 6.07 Å². The SMILES string of the molecule is CC1(C)O[C@@H]2[C@H](O1)[C@@H](Nc1cncc(C(F)(F)F)n1)CO[C@@H]2COc1ccc(C#N)nn1. The second kappa shape index (κ2) is 8.45. The van der Waals surface area contributed by atoms with Crippen LogP contribution in [0.4, 0.5) is 19.0 Å². The van der Waals surface area contributed by atoms with Gasteiger partial charge in [-0.2, -0.15) is 18.4 Å². The summed E-state index contributed by atoms with van der Waals surface area (Å²) in [6.45, 7) is 3.63. The molecule has 0 radical (unpaired) electrons. The molecule has 4 rings (SSSR count). The summed E-state index contributed by atoms with van der Waals surface area (Å²) in [6, 6.07) is 4.32. The van der Waals surface area contributed by atoms with Crippen LogP contribution in [0, 0.1) is 11.3 Å². The van der Waals surface area contributed by atoms with Crippen molar-refractivity contribution < 1.29 is 32.1 Å². The third-order valence-corrected chi connectivity index (χ3v) is 4.82. The van der Waals surface area contributed by atoms with Gasteiger partial charge >= 0.3 is 6.18 Å². The fourth-order valence-corrected chi connectivity index (χ4v) is 3.49. The van der Waals surface area contributed by atoms with E-state index in [9.17, 15) is 13.2 Å². The normalized spacial score (nSPS) is 26.8. The standard InChI is InChI=1S/C19H19F3N6O4/c1-18(2)31-16-11(25-14-7-24-6-13(26-14)19(20,21)22)8-29-12(17(16)32-18)9-30-15-4-3-10(5-23)27-28-15/h3-4,6-7,11-12,16-17H,8-9H2,1-2H3,(H,25,26)/t11-,12+,16+,17-/m0/s1. The van der Waals surface area contributed by atoms with Crippen LogP contribution in [0.25, 0.3) is 0 Å². The van der Waals surface area contributed by atoms with Gasteiger partial charge < -0.3 is 24.3 Å². The van der Waals surface area contributed by atoms with Crippen molar-refractivity contribution in [3.05, 3.63) is 35.9 Å². The van der Waals surface area contributed by atoms with Crippen LogP contribution in [0.2, 0.25) is 0 Å². The van der Waals surface area contributed by atoms with E-state index < -0.39 is 42.0 Å². The number of hydrogen-bond donors (Lipinski definition) is 1. The highest BCUT2D eigenvalue weighted by atomic mass is 19.4. The van der Waals surface area contributed by atoms with Gasteiger partial charge in [-0.25, -0.2) is 4.98 Å². The zero-order chi connectivity index (χ0) is 22.9. The summed E-state index contributed by atoms with van der Waals surface area (Å²) in [6.07, 6.45) is -4.41. The van der Waals surface area contributed by atoms with Crippen molar-refractivity contribution in [1.29, 1.82) is 5.26 Å². The van der Waals surface area contributed by atoms with E-state index >= 15 is 0 Å². The minimum atomic E-state index is -4.61. The smallest absolute Gasteiger partial charge is 0.434 e. The summed E-state index contributed by atoms with van der Waals surface area (Å²) in [5.74, 6) is -0.778. The van der Waals surface area contributed by atoms with E-state index in [1.807, 2.05) is 6.07 Å². The van der Waals surface area contributed by atoms with Crippen molar-refractivity contribution in [1.82, 2.24) is 20.2 Å². The van der Waals surface area contributed by atoms with Crippen LogP contribution in [0.1, 0.15) is 25.2 Å². The van der Waals surface area contributed by atoms with Gasteiger partial charge in [-0.05, 0) is 19.9 Å². The predicted molar refractivity (Wildman–Crippen MR) is 100 cm³/mol. The molecule has 0 spiro atoms. The van der Waals surface area contributed by atoms with Gasteiger partial charge in [0.1, 0.15) is 36.8 Å². The first-order valence-electron chi connectivity index (χ1n) is 9.64. The Morgan fingerprint density at radius 2 is 2.00 bits per heavy atom. The van der Waals surface area contributed by atoms with Gasteiger partial charge in [-0.1, -0.05) is 0 Å². The fourth-order valence-electron chi connectivity index (χ4n) is 3.49. The van der Waals surface area contributed by atoms with Crippen molar-refractivity contribution in [2.24, 2.45) is 0 Å². The molecule has 10 nitrogen and oxygen atoms in total. The molecule has 2 aromatic rings. The van der Waals surface area contributed by atoms with Crippen molar-refractivity contribution in [2.75, 3.05) is 18.5 Å². The lowest BCUT2D eigenvalue weighted by Crippen LogP contribution is -2.55. The molecular formula is C19H19F3N6O4. The van der Waals surface area contributed by atoms with E-state index in [1.54, 1.807) is 13.8 Å². The molecule has 4 heterocycles. The molecule has 2 aliphatic rings. The van der Waals surface area contributed by atoms with E-state index in [-0.39, 0.29) is 30.6 Å². The lowest BCUT2D eigenvalue weighted by atomic mass is 9.98. The minimum Gasteiger partial charge on any atom is -0.474 e. The highest BCUT2D eigenvalue weighted by molar-refractivity contribution is 5.35. The first kappa shape index (κ1) is 22.1. The molecule has 0 bridgehead atoms. The number of nitrogens with zero attached hydrogens (tertiary/aromatic N) is 5. The molecule has 0 unspecified atom stereocenters. The van der Waals surface area contributed by atoms with Crippen molar-refractivity contribution >= 4 is 5.82 Å². The molecule has 0 aromatic carbocycles. The lowest BCUT2D eigenvalue weighted by molar-refractivity contribution is -0.156. The largest absolute Gasteiger partial charge is 0.474 e. The number of halogens is 3. The molecule has 2 saturated heterocycles. The van der Waals surface area contributed by atoms with E-state index in [2.05, 4.69) is 25.5 Å². The minimum absolute atomic E-state index is 0.0527. The van der Waals surface area contributed by atoms with Gasteiger partial charge in [0.2, 0.25) is 5.88 Å². The van der Waals surface area contributed by atoms with Crippen LogP contribution in [0.5, 0.6) is 5.88 Å². The Morgan fingerprint density at radius 3 is 2.69 bits per heavy atom. The van der Waals surface area contributed by atoms with Gasteiger partial charge in [0.05, 0.1) is 25.0 Å². The van der Waals surface area contributed by atoms with Gasteiger partial charge in [0.25, 0.3) is 0 Å². The van der Waals surface area contributed by atoms with Crippen LogP contribution in [0.15, 0.2) is 24.5 Å². The van der Waals surface area contributed by atoms with Crippen molar-refractivity contribution in [3.63, 3.8) is 0 Å². The number of rotatable bonds is 5. The summed E-state index contributed by atoms with van der Waals surface area (Å²) in [5, 5.41) is 19.2. The quantitative estimate of drug-likeness (QED) is 0.720. The molecule has 32 heavy (non-hydrogen) atoms. The Balaban J connectivity index is 1.45. The molecule has 0 aliphatic carbocycles. The summed E-state index contributed by atoms with van der Waals surface area (Å²) < 4.78 is 62.3. The zero-order valence-corrected chi connectivity index (χ0v) is 17.0. The number of ether oxygens (including phenoxy) is 4. The summed E-state index contributed by atoms with van der Waals surface area (Å²) in [4.78, 5) is 7.19. The number of hydrogen-bond acceptors (Lipinski definition) is 10. The maximum atomic E-state index is 12.9. The molecule has 13 heteroatoms. The molecule has 0 saturated carbocycles. The third kappa shape index (κ3) is 4.87. The first-order valence-corrected chi connectivity index (χ1v) is 9.64. The third-order valence-electron chi connectivity index (χ3n) is 4.82. The summed E-state index contributed by atoms with van der Waals surface area (Å²) in [7, 11) is 0. The second-order valence-electron chi connectivity index (χ2n) is 7.65. The average molecular weight is 452 g/mol. The fraction of sp³-hybridized carbons (Fsp3) is 0.526. The average Bonchev–Trinajstić information content (AvgIpc) is 3.09. The van der Waals surface area contributed by atoms with Crippen molar-refractivity contribution in [3.8, 4) is 11.9 Å². The maximum Gasteiger partial charge on any atom is 0.434 e. The monoisotopic (exact) mass is 452 g/mol. The Bertz CT molecular complexity index is 998. The number of aromatic nitrogens is 4. The van der Waals surface area contributed by atoms with Crippen molar-refractivity contribution in [2.45, 2.75) is 50.2 Å². The highest BCUT2D eigenvalue weighted by Crippen LogP contribution is 2.36. The van der Waals surface area contributed by atoms with Gasteiger partial charge in [-0.3, -0.25) is 4.98 Å². The highest BCUT2D eigenvalue weighted by Gasteiger charge is 2.52. The summed E-state index contributed by atoms with van der Waals surface area (Å²) >= 11 is 0. The number of fused-ring (bicyclic) bond motifs is 1. The topological polar surface area (TPSA) is 124 Å². The van der Waals surface area contributed by atoms with Crippen LogP contribution >= 0.6 is 0 Å². The van der Waals surface area contributed by atoms with Crippen LogP contribution in [-0.4, -0.2) is 63.5 Å². The van der Waals surface area contributed by atoms with E-state index in [0.29, 0.717) is 6.20 Å². The lowest BCUT2D eigenvalue weighted by Gasteiger charge is -2.37. The maximum absolute atomic E-state index is 12.9. The van der Waals surface area contributed by atoms with E-state index in [1.165, 1.54) is 18.3 Å². The Labute approximate surface area is 180 Å². The Hall–Kier alpha value is -3.08. The molecule has 2 fully saturated rings. The zero-order valence-electron chi connectivity index (χ0n) is 17.0. The number of alkyl halides is 3. The predicted octanol–water partition coefficient (Wildman–Crippen LogP) is 1.94. The number of nitrogens with one attached hydrogen (secondary N) is 1.